The molecule has 6 nitrogen and oxygen atoms in total. The minimum Gasteiger partial charge on any atom is -0.338 e. The fraction of sp³-hybridized carbons (Fsp3) is 0.136. The van der Waals surface area contributed by atoms with E-state index in [-0.39, 0.29) is 11.7 Å². The van der Waals surface area contributed by atoms with Crippen LogP contribution in [0.15, 0.2) is 79.6 Å². The molecule has 146 valence electrons. The zero-order chi connectivity index (χ0) is 20.2. The standard InChI is InChI=1S/C22H20FN5O/c1-27-12-11-25-21(27)20(16-6-8-18(23)9-7-16)26-22(29)19-5-3-2-4-17(19)14-28-13-10-24-15-28/h2-13,15,20H,14H2,1H3,(H,26,29)/t20-/m0/s1. The van der Waals surface area contributed by atoms with Crippen LogP contribution in [0.4, 0.5) is 4.39 Å². The van der Waals surface area contributed by atoms with E-state index in [1.807, 2.05) is 46.8 Å². The Morgan fingerprint density at radius 2 is 1.90 bits per heavy atom. The highest BCUT2D eigenvalue weighted by Crippen LogP contribution is 2.22. The second kappa shape index (κ2) is 8.10. The van der Waals surface area contributed by atoms with E-state index in [1.54, 1.807) is 36.9 Å². The van der Waals surface area contributed by atoms with Gasteiger partial charge in [0.2, 0.25) is 0 Å². The summed E-state index contributed by atoms with van der Waals surface area (Å²) in [4.78, 5) is 21.6. The number of hydrogen-bond donors (Lipinski definition) is 1. The van der Waals surface area contributed by atoms with Crippen LogP contribution in [0.3, 0.4) is 0 Å². The number of carbonyl (C=O) groups is 1. The molecule has 1 amide bonds. The van der Waals surface area contributed by atoms with Crippen molar-refractivity contribution in [3.8, 4) is 0 Å². The number of carbonyl (C=O) groups excluding carboxylic acids is 1. The Bertz CT molecular complexity index is 1100. The molecule has 0 bridgehead atoms. The van der Waals surface area contributed by atoms with Gasteiger partial charge in [-0.3, -0.25) is 4.79 Å². The van der Waals surface area contributed by atoms with E-state index < -0.39 is 6.04 Å². The van der Waals surface area contributed by atoms with Gasteiger partial charge in [0.25, 0.3) is 5.91 Å². The molecular formula is C22H20FN5O. The van der Waals surface area contributed by atoms with Crippen molar-refractivity contribution in [2.75, 3.05) is 0 Å². The van der Waals surface area contributed by atoms with Crippen LogP contribution in [0, 0.1) is 5.82 Å². The van der Waals surface area contributed by atoms with Crippen molar-refractivity contribution in [2.24, 2.45) is 7.05 Å². The van der Waals surface area contributed by atoms with Crippen molar-refractivity contribution in [3.63, 3.8) is 0 Å². The number of amides is 1. The molecule has 4 rings (SSSR count). The third-order valence-electron chi connectivity index (χ3n) is 4.77. The van der Waals surface area contributed by atoms with Crippen LogP contribution in [0.1, 0.15) is 33.4 Å². The maximum absolute atomic E-state index is 13.4. The average Bonchev–Trinajstić information content (AvgIpc) is 3.39. The van der Waals surface area contributed by atoms with E-state index in [1.165, 1.54) is 12.1 Å². The first-order valence-electron chi connectivity index (χ1n) is 9.19. The second-order valence-electron chi connectivity index (χ2n) is 6.75. The summed E-state index contributed by atoms with van der Waals surface area (Å²) in [6.45, 7) is 0.535. The number of benzene rings is 2. The Labute approximate surface area is 167 Å². The smallest absolute Gasteiger partial charge is 0.252 e. The van der Waals surface area contributed by atoms with E-state index in [9.17, 15) is 9.18 Å². The third kappa shape index (κ3) is 4.08. The summed E-state index contributed by atoms with van der Waals surface area (Å²) in [6, 6.07) is 13.0. The van der Waals surface area contributed by atoms with E-state index in [0.717, 1.165) is 11.1 Å². The predicted octanol–water partition coefficient (Wildman–Crippen LogP) is 3.32. The lowest BCUT2D eigenvalue weighted by atomic mass is 10.0. The van der Waals surface area contributed by atoms with Crippen molar-refractivity contribution in [1.82, 2.24) is 24.4 Å². The van der Waals surface area contributed by atoms with Gasteiger partial charge in [-0.2, -0.15) is 0 Å². The summed E-state index contributed by atoms with van der Waals surface area (Å²) >= 11 is 0. The molecule has 2 aromatic carbocycles. The predicted molar refractivity (Wildman–Crippen MR) is 107 cm³/mol. The minimum atomic E-state index is -0.510. The topological polar surface area (TPSA) is 64.7 Å². The molecule has 0 fully saturated rings. The highest BCUT2D eigenvalue weighted by molar-refractivity contribution is 5.96. The number of nitrogens with zero attached hydrogens (tertiary/aromatic N) is 4. The van der Waals surface area contributed by atoms with Crippen LogP contribution in [-0.2, 0) is 13.6 Å². The van der Waals surface area contributed by atoms with Gasteiger partial charge < -0.3 is 14.5 Å². The molecule has 29 heavy (non-hydrogen) atoms. The molecule has 0 aliphatic heterocycles. The van der Waals surface area contributed by atoms with Crippen molar-refractivity contribution in [2.45, 2.75) is 12.6 Å². The number of imidazole rings is 2. The Hall–Kier alpha value is -3.74. The Morgan fingerprint density at radius 3 is 2.59 bits per heavy atom. The van der Waals surface area contributed by atoms with Gasteiger partial charge in [0.1, 0.15) is 17.7 Å². The van der Waals surface area contributed by atoms with Crippen LogP contribution in [0.25, 0.3) is 0 Å². The molecule has 0 aliphatic rings. The molecule has 1 atom stereocenters. The van der Waals surface area contributed by atoms with E-state index in [4.69, 9.17) is 0 Å². The summed E-state index contributed by atoms with van der Waals surface area (Å²) < 4.78 is 17.2. The van der Waals surface area contributed by atoms with Gasteiger partial charge >= 0.3 is 0 Å². The molecule has 2 aromatic heterocycles. The summed E-state index contributed by atoms with van der Waals surface area (Å²) in [6.07, 6.45) is 8.75. The molecular weight excluding hydrogens is 369 g/mol. The van der Waals surface area contributed by atoms with Crippen molar-refractivity contribution in [1.29, 1.82) is 0 Å². The monoisotopic (exact) mass is 389 g/mol. The van der Waals surface area contributed by atoms with Crippen molar-refractivity contribution < 1.29 is 9.18 Å². The van der Waals surface area contributed by atoms with Crippen LogP contribution < -0.4 is 5.32 Å². The van der Waals surface area contributed by atoms with Crippen molar-refractivity contribution in [3.05, 3.63) is 108 Å². The maximum Gasteiger partial charge on any atom is 0.252 e. The average molecular weight is 389 g/mol. The molecule has 0 aliphatic carbocycles. The lowest BCUT2D eigenvalue weighted by molar-refractivity contribution is 0.0940. The van der Waals surface area contributed by atoms with Gasteiger partial charge in [-0.05, 0) is 29.3 Å². The van der Waals surface area contributed by atoms with E-state index in [2.05, 4.69) is 15.3 Å². The third-order valence-corrected chi connectivity index (χ3v) is 4.77. The minimum absolute atomic E-state index is 0.224. The molecule has 1 N–H and O–H groups in total. The molecule has 0 saturated carbocycles. The number of hydrogen-bond acceptors (Lipinski definition) is 3. The van der Waals surface area contributed by atoms with Gasteiger partial charge in [-0.25, -0.2) is 14.4 Å². The van der Waals surface area contributed by atoms with Crippen molar-refractivity contribution >= 4 is 5.91 Å². The zero-order valence-corrected chi connectivity index (χ0v) is 15.9. The number of aryl methyl sites for hydroxylation is 1. The fourth-order valence-corrected chi connectivity index (χ4v) is 3.27. The molecule has 4 aromatic rings. The lowest BCUT2D eigenvalue weighted by Gasteiger charge is -2.20. The first kappa shape index (κ1) is 18.6. The largest absolute Gasteiger partial charge is 0.338 e. The summed E-state index contributed by atoms with van der Waals surface area (Å²) in [7, 11) is 1.86. The quantitative estimate of drug-likeness (QED) is 0.550. The fourth-order valence-electron chi connectivity index (χ4n) is 3.27. The highest BCUT2D eigenvalue weighted by atomic mass is 19.1. The second-order valence-corrected chi connectivity index (χ2v) is 6.75. The molecule has 7 heteroatoms. The molecule has 0 spiro atoms. The number of rotatable bonds is 6. The molecule has 0 radical (unpaired) electrons. The molecule has 0 unspecified atom stereocenters. The zero-order valence-electron chi connectivity index (χ0n) is 15.9. The first-order chi connectivity index (χ1) is 14.1. The van der Waals surface area contributed by atoms with E-state index in [0.29, 0.717) is 17.9 Å². The summed E-state index contributed by atoms with van der Waals surface area (Å²) in [5.74, 6) is 0.111. The van der Waals surface area contributed by atoms with Crippen LogP contribution >= 0.6 is 0 Å². The Kier molecular flexibility index (Phi) is 5.20. The van der Waals surface area contributed by atoms with Crippen LogP contribution in [-0.4, -0.2) is 25.0 Å². The Morgan fingerprint density at radius 1 is 1.10 bits per heavy atom. The number of nitrogens with one attached hydrogen (secondary N) is 1. The number of halogens is 1. The van der Waals surface area contributed by atoms with Gasteiger partial charge in [0, 0.05) is 43.9 Å². The normalized spacial score (nSPS) is 11.9. The first-order valence-corrected chi connectivity index (χ1v) is 9.19. The molecule has 0 saturated heterocycles. The van der Waals surface area contributed by atoms with Gasteiger partial charge in [-0.1, -0.05) is 30.3 Å². The Balaban J connectivity index is 1.65. The van der Waals surface area contributed by atoms with Gasteiger partial charge in [0.15, 0.2) is 0 Å². The lowest BCUT2D eigenvalue weighted by Crippen LogP contribution is -2.32. The van der Waals surface area contributed by atoms with Crippen LogP contribution in [0.5, 0.6) is 0 Å². The SMILES string of the molecule is Cn1ccnc1[C@@H](NC(=O)c1ccccc1Cn1ccnc1)c1ccc(F)cc1. The molecule has 2 heterocycles. The van der Waals surface area contributed by atoms with Gasteiger partial charge in [0.05, 0.1) is 6.33 Å². The van der Waals surface area contributed by atoms with Gasteiger partial charge in [-0.15, -0.1) is 0 Å². The van der Waals surface area contributed by atoms with E-state index >= 15 is 0 Å². The van der Waals surface area contributed by atoms with Crippen LogP contribution in [0.2, 0.25) is 0 Å². The number of aromatic nitrogens is 4. The summed E-state index contributed by atoms with van der Waals surface area (Å²) in [5.41, 5.74) is 2.20. The maximum atomic E-state index is 13.4. The summed E-state index contributed by atoms with van der Waals surface area (Å²) in [5, 5.41) is 3.06. The highest BCUT2D eigenvalue weighted by Gasteiger charge is 2.22.